The predicted octanol–water partition coefficient (Wildman–Crippen LogP) is 1.91. The van der Waals surface area contributed by atoms with E-state index in [9.17, 15) is 9.18 Å². The van der Waals surface area contributed by atoms with Crippen LogP contribution in [0.2, 0.25) is 0 Å². The number of piperazine rings is 1. The Morgan fingerprint density at radius 2 is 1.77 bits per heavy atom. The predicted molar refractivity (Wildman–Crippen MR) is 98.5 cm³/mol. The number of carbonyl (C=O) groups excluding carboxylic acids is 1. The summed E-state index contributed by atoms with van der Waals surface area (Å²) >= 11 is 0. The largest absolute Gasteiger partial charge is 0.478 e. The van der Waals surface area contributed by atoms with Crippen molar-refractivity contribution in [3.05, 3.63) is 66.0 Å². The van der Waals surface area contributed by atoms with E-state index >= 15 is 0 Å². The summed E-state index contributed by atoms with van der Waals surface area (Å²) < 4.78 is 19.5. The number of benzene rings is 2. The third-order valence-corrected chi connectivity index (χ3v) is 4.83. The molecule has 5 heteroatoms. The Bertz CT molecular complexity index is 715. The minimum absolute atomic E-state index is 0.0467. The third-order valence-electron chi connectivity index (χ3n) is 4.83. The van der Waals surface area contributed by atoms with E-state index in [0.29, 0.717) is 19.5 Å². The lowest BCUT2D eigenvalue weighted by molar-refractivity contribution is -0.917. The van der Waals surface area contributed by atoms with E-state index < -0.39 is 11.9 Å². The van der Waals surface area contributed by atoms with Crippen LogP contribution in [0.3, 0.4) is 0 Å². The van der Waals surface area contributed by atoms with Crippen LogP contribution in [-0.4, -0.2) is 43.1 Å². The minimum Gasteiger partial charge on any atom is -0.478 e. The van der Waals surface area contributed by atoms with E-state index in [4.69, 9.17) is 4.74 Å². The van der Waals surface area contributed by atoms with Crippen molar-refractivity contribution in [3.63, 3.8) is 0 Å². The van der Waals surface area contributed by atoms with Crippen LogP contribution in [0.5, 0.6) is 5.75 Å². The molecule has 1 aliphatic rings. The summed E-state index contributed by atoms with van der Waals surface area (Å²) in [6.45, 7) is 6.11. The molecule has 2 aromatic rings. The molecule has 1 fully saturated rings. The van der Waals surface area contributed by atoms with Gasteiger partial charge in [0.05, 0.1) is 26.2 Å². The van der Waals surface area contributed by atoms with Crippen LogP contribution in [0.15, 0.2) is 54.6 Å². The molecule has 0 aromatic heterocycles. The smallest absolute Gasteiger partial charge is 0.264 e. The van der Waals surface area contributed by atoms with Crippen LogP contribution in [-0.2, 0) is 11.3 Å². The van der Waals surface area contributed by atoms with Gasteiger partial charge in [-0.05, 0) is 18.6 Å². The van der Waals surface area contributed by atoms with Crippen LogP contribution in [0.1, 0.15) is 18.9 Å². The van der Waals surface area contributed by atoms with Gasteiger partial charge in [0, 0.05) is 5.56 Å². The molecule has 1 amide bonds. The van der Waals surface area contributed by atoms with Crippen molar-refractivity contribution < 1.29 is 18.8 Å². The molecule has 0 saturated carbocycles. The molecule has 1 atom stereocenters. The normalized spacial score (nSPS) is 16.3. The summed E-state index contributed by atoms with van der Waals surface area (Å²) in [6.07, 6.45) is -0.118. The number of carbonyl (C=O) groups is 1. The summed E-state index contributed by atoms with van der Waals surface area (Å²) in [4.78, 5) is 16.1. The molecule has 0 radical (unpaired) electrons. The van der Waals surface area contributed by atoms with Crippen molar-refractivity contribution in [1.29, 1.82) is 0 Å². The molecule has 0 spiro atoms. The molecule has 1 N–H and O–H groups in total. The SMILES string of the molecule is CC[C@H](Oc1ccccc1F)C(=O)N1CC[NH+](Cc2ccccc2)CC1. The maximum atomic E-state index is 13.8. The first-order valence-electron chi connectivity index (χ1n) is 9.25. The zero-order chi connectivity index (χ0) is 18.4. The average Bonchev–Trinajstić information content (AvgIpc) is 2.68. The van der Waals surface area contributed by atoms with Gasteiger partial charge in [-0.25, -0.2) is 4.39 Å². The molecule has 0 bridgehead atoms. The number of rotatable bonds is 6. The fourth-order valence-electron chi connectivity index (χ4n) is 3.31. The molecule has 1 heterocycles. The highest BCUT2D eigenvalue weighted by Crippen LogP contribution is 2.19. The first kappa shape index (κ1) is 18.4. The van der Waals surface area contributed by atoms with Crippen molar-refractivity contribution in [2.24, 2.45) is 0 Å². The summed E-state index contributed by atoms with van der Waals surface area (Å²) in [7, 11) is 0. The number of ether oxygens (including phenoxy) is 1. The Morgan fingerprint density at radius 1 is 1.12 bits per heavy atom. The fourth-order valence-corrected chi connectivity index (χ4v) is 3.31. The Kier molecular flexibility index (Phi) is 6.23. The number of quaternary nitrogens is 1. The van der Waals surface area contributed by atoms with Gasteiger partial charge in [0.1, 0.15) is 6.54 Å². The van der Waals surface area contributed by atoms with Crippen LogP contribution in [0.25, 0.3) is 0 Å². The lowest BCUT2D eigenvalue weighted by Crippen LogP contribution is -3.13. The second kappa shape index (κ2) is 8.81. The highest BCUT2D eigenvalue weighted by molar-refractivity contribution is 5.81. The van der Waals surface area contributed by atoms with E-state index in [1.54, 1.807) is 18.2 Å². The molecular formula is C21H26FN2O2+. The van der Waals surface area contributed by atoms with Crippen molar-refractivity contribution in [2.75, 3.05) is 26.2 Å². The van der Waals surface area contributed by atoms with E-state index in [2.05, 4.69) is 24.3 Å². The van der Waals surface area contributed by atoms with Crippen LogP contribution >= 0.6 is 0 Å². The van der Waals surface area contributed by atoms with E-state index in [1.807, 2.05) is 17.9 Å². The van der Waals surface area contributed by atoms with Gasteiger partial charge in [0.25, 0.3) is 5.91 Å². The summed E-state index contributed by atoms with van der Waals surface area (Å²) in [5.74, 6) is -0.341. The quantitative estimate of drug-likeness (QED) is 0.857. The maximum Gasteiger partial charge on any atom is 0.264 e. The number of hydrogen-bond acceptors (Lipinski definition) is 2. The number of amides is 1. The molecule has 138 valence electrons. The van der Waals surface area contributed by atoms with Gasteiger partial charge in [-0.3, -0.25) is 4.79 Å². The number of hydrogen-bond donors (Lipinski definition) is 1. The lowest BCUT2D eigenvalue weighted by Gasteiger charge is -2.34. The van der Waals surface area contributed by atoms with E-state index in [0.717, 1.165) is 19.6 Å². The summed E-state index contributed by atoms with van der Waals surface area (Å²) in [6, 6.07) is 16.6. The Hall–Kier alpha value is -2.40. The van der Waals surface area contributed by atoms with Crippen molar-refractivity contribution in [3.8, 4) is 5.75 Å². The van der Waals surface area contributed by atoms with E-state index in [-0.39, 0.29) is 11.7 Å². The second-order valence-electron chi connectivity index (χ2n) is 6.68. The molecule has 1 saturated heterocycles. The van der Waals surface area contributed by atoms with Crippen LogP contribution in [0, 0.1) is 5.82 Å². The van der Waals surface area contributed by atoms with Gasteiger partial charge in [0.2, 0.25) is 0 Å². The Morgan fingerprint density at radius 3 is 2.42 bits per heavy atom. The molecule has 0 aliphatic carbocycles. The Balaban J connectivity index is 1.54. The molecule has 26 heavy (non-hydrogen) atoms. The molecule has 0 unspecified atom stereocenters. The highest BCUT2D eigenvalue weighted by atomic mass is 19.1. The van der Waals surface area contributed by atoms with Gasteiger partial charge in [0.15, 0.2) is 17.7 Å². The zero-order valence-electron chi connectivity index (χ0n) is 15.2. The van der Waals surface area contributed by atoms with Crippen molar-refractivity contribution >= 4 is 5.91 Å². The first-order valence-corrected chi connectivity index (χ1v) is 9.25. The number of halogens is 1. The van der Waals surface area contributed by atoms with Crippen molar-refractivity contribution in [1.82, 2.24) is 4.90 Å². The van der Waals surface area contributed by atoms with E-state index in [1.165, 1.54) is 16.5 Å². The molecule has 2 aromatic carbocycles. The highest BCUT2D eigenvalue weighted by Gasteiger charge is 2.29. The standard InChI is InChI=1S/C21H25FN2O2/c1-2-19(26-20-11-7-6-10-18(20)22)21(25)24-14-12-23(13-15-24)16-17-8-4-3-5-9-17/h3-11,19H,2,12-16H2,1H3/p+1/t19-/m0/s1. The fraction of sp³-hybridized carbons (Fsp3) is 0.381. The number of para-hydroxylation sites is 1. The van der Waals surface area contributed by atoms with Gasteiger partial charge in [-0.1, -0.05) is 49.4 Å². The third kappa shape index (κ3) is 4.61. The van der Waals surface area contributed by atoms with Gasteiger partial charge in [-0.15, -0.1) is 0 Å². The topological polar surface area (TPSA) is 34.0 Å². The molecule has 3 rings (SSSR count). The van der Waals surface area contributed by atoms with Crippen LogP contribution < -0.4 is 9.64 Å². The lowest BCUT2D eigenvalue weighted by atomic mass is 10.1. The molecule has 1 aliphatic heterocycles. The van der Waals surface area contributed by atoms with Gasteiger partial charge in [-0.2, -0.15) is 0 Å². The first-order chi connectivity index (χ1) is 12.7. The molecule has 4 nitrogen and oxygen atoms in total. The second-order valence-corrected chi connectivity index (χ2v) is 6.68. The summed E-state index contributed by atoms with van der Waals surface area (Å²) in [5, 5.41) is 0. The maximum absolute atomic E-state index is 13.8. The number of nitrogens with zero attached hydrogens (tertiary/aromatic N) is 1. The van der Waals surface area contributed by atoms with Crippen molar-refractivity contribution in [2.45, 2.75) is 26.0 Å². The monoisotopic (exact) mass is 357 g/mol. The van der Waals surface area contributed by atoms with Crippen LogP contribution in [0.4, 0.5) is 4.39 Å². The summed E-state index contributed by atoms with van der Waals surface area (Å²) in [5.41, 5.74) is 1.32. The zero-order valence-corrected chi connectivity index (χ0v) is 15.2. The average molecular weight is 357 g/mol. The molecular weight excluding hydrogens is 331 g/mol. The number of nitrogens with one attached hydrogen (secondary N) is 1. The van der Waals surface area contributed by atoms with Gasteiger partial charge >= 0.3 is 0 Å². The van der Waals surface area contributed by atoms with Gasteiger partial charge < -0.3 is 14.5 Å². The Labute approximate surface area is 154 Å². The minimum atomic E-state index is -0.637.